The lowest BCUT2D eigenvalue weighted by molar-refractivity contribution is 0.100. The summed E-state index contributed by atoms with van der Waals surface area (Å²) in [5, 5.41) is 4.06. The zero-order valence-corrected chi connectivity index (χ0v) is 14.1. The van der Waals surface area contributed by atoms with Crippen molar-refractivity contribution in [2.45, 2.75) is 12.5 Å². The van der Waals surface area contributed by atoms with E-state index in [-0.39, 0.29) is 6.04 Å². The number of nitrogens with one attached hydrogen (secondary N) is 1. The number of nitrogens with zero attached hydrogens (tertiary/aromatic N) is 2. The Balaban J connectivity index is 1.75. The van der Waals surface area contributed by atoms with Crippen molar-refractivity contribution < 1.29 is 9.53 Å². The zero-order chi connectivity index (χ0) is 17.1. The smallest absolute Gasteiger partial charge is 0.252 e. The summed E-state index contributed by atoms with van der Waals surface area (Å²) in [6.07, 6.45) is 4.05. The van der Waals surface area contributed by atoms with Crippen LogP contribution in [-0.4, -0.2) is 37.1 Å². The average molecular weight is 347 g/mol. The van der Waals surface area contributed by atoms with Crippen LogP contribution in [0.1, 0.15) is 16.8 Å². The molecule has 0 bridgehead atoms. The predicted molar refractivity (Wildman–Crippen MR) is 95.0 cm³/mol. The van der Waals surface area contributed by atoms with Crippen LogP contribution < -0.4 is 20.7 Å². The van der Waals surface area contributed by atoms with Crippen LogP contribution in [0.3, 0.4) is 0 Å². The summed E-state index contributed by atoms with van der Waals surface area (Å²) < 4.78 is 5.43. The van der Waals surface area contributed by atoms with Crippen molar-refractivity contribution in [1.82, 2.24) is 4.98 Å². The van der Waals surface area contributed by atoms with E-state index in [0.29, 0.717) is 16.3 Å². The molecule has 0 radical (unpaired) electrons. The zero-order valence-electron chi connectivity index (χ0n) is 13.3. The van der Waals surface area contributed by atoms with Gasteiger partial charge < -0.3 is 20.7 Å². The number of carbonyl (C=O) groups excluding carboxylic acids is 1. The van der Waals surface area contributed by atoms with Gasteiger partial charge >= 0.3 is 0 Å². The Morgan fingerprint density at radius 1 is 1.46 bits per heavy atom. The molecule has 1 atom stereocenters. The maximum Gasteiger partial charge on any atom is 0.252 e. The van der Waals surface area contributed by atoms with Gasteiger partial charge in [0.1, 0.15) is 5.75 Å². The number of anilines is 2. The van der Waals surface area contributed by atoms with Crippen LogP contribution in [0.5, 0.6) is 5.75 Å². The largest absolute Gasteiger partial charge is 0.495 e. The first-order valence-electron chi connectivity index (χ1n) is 7.67. The summed E-state index contributed by atoms with van der Waals surface area (Å²) in [5.41, 5.74) is 7.48. The molecule has 2 heterocycles. The lowest BCUT2D eigenvalue weighted by Gasteiger charge is -2.22. The molecule has 6 nitrogen and oxygen atoms in total. The van der Waals surface area contributed by atoms with Gasteiger partial charge in [-0.25, -0.2) is 0 Å². The Labute approximate surface area is 145 Å². The summed E-state index contributed by atoms with van der Waals surface area (Å²) >= 11 is 6.12. The quantitative estimate of drug-likeness (QED) is 0.869. The van der Waals surface area contributed by atoms with E-state index in [1.807, 2.05) is 18.2 Å². The van der Waals surface area contributed by atoms with E-state index in [1.54, 1.807) is 19.4 Å². The Hall–Kier alpha value is -2.47. The first-order valence-corrected chi connectivity index (χ1v) is 8.05. The molecule has 1 amide bonds. The molecular formula is C17H19ClN4O2. The van der Waals surface area contributed by atoms with Crippen molar-refractivity contribution in [2.75, 3.05) is 30.4 Å². The van der Waals surface area contributed by atoms with E-state index in [0.717, 1.165) is 30.9 Å². The van der Waals surface area contributed by atoms with Gasteiger partial charge in [-0.2, -0.15) is 0 Å². The highest BCUT2D eigenvalue weighted by atomic mass is 35.5. The first-order chi connectivity index (χ1) is 11.6. The van der Waals surface area contributed by atoms with Crippen LogP contribution in [0.4, 0.5) is 11.4 Å². The fraction of sp³-hybridized carbons (Fsp3) is 0.294. The summed E-state index contributed by atoms with van der Waals surface area (Å²) in [7, 11) is 1.65. The molecule has 1 fully saturated rings. The summed E-state index contributed by atoms with van der Waals surface area (Å²) in [4.78, 5) is 17.7. The third kappa shape index (κ3) is 3.38. The van der Waals surface area contributed by atoms with Crippen LogP contribution in [0.25, 0.3) is 0 Å². The Morgan fingerprint density at radius 3 is 3.04 bits per heavy atom. The number of aromatic nitrogens is 1. The topological polar surface area (TPSA) is 80.5 Å². The van der Waals surface area contributed by atoms with Gasteiger partial charge in [0.25, 0.3) is 5.91 Å². The minimum Gasteiger partial charge on any atom is -0.495 e. The second-order valence-electron chi connectivity index (χ2n) is 5.68. The van der Waals surface area contributed by atoms with Gasteiger partial charge in [0.05, 0.1) is 24.0 Å². The number of amides is 1. The van der Waals surface area contributed by atoms with E-state index >= 15 is 0 Å². The van der Waals surface area contributed by atoms with Gasteiger partial charge in [-0.15, -0.1) is 0 Å². The molecule has 3 N–H and O–H groups in total. The molecule has 126 valence electrons. The Bertz CT molecular complexity index is 753. The number of nitrogens with two attached hydrogens (primary N) is 1. The highest BCUT2D eigenvalue weighted by molar-refractivity contribution is 6.30. The number of hydrogen-bond acceptors (Lipinski definition) is 5. The van der Waals surface area contributed by atoms with Gasteiger partial charge in [0.2, 0.25) is 0 Å². The number of carbonyl (C=O) groups is 1. The van der Waals surface area contributed by atoms with Crippen molar-refractivity contribution in [2.24, 2.45) is 5.73 Å². The van der Waals surface area contributed by atoms with Crippen LogP contribution in [0, 0.1) is 0 Å². The van der Waals surface area contributed by atoms with Crippen LogP contribution in [0.15, 0.2) is 36.7 Å². The van der Waals surface area contributed by atoms with Crippen LogP contribution in [-0.2, 0) is 0 Å². The maximum atomic E-state index is 11.5. The van der Waals surface area contributed by atoms with Gasteiger partial charge in [-0.05, 0) is 30.7 Å². The number of benzene rings is 1. The fourth-order valence-corrected chi connectivity index (χ4v) is 3.11. The van der Waals surface area contributed by atoms with E-state index in [4.69, 9.17) is 22.1 Å². The number of methoxy groups -OCH3 is 1. The summed E-state index contributed by atoms with van der Waals surface area (Å²) in [6, 6.07) is 7.54. The van der Waals surface area contributed by atoms with Gasteiger partial charge in [-0.1, -0.05) is 11.6 Å². The molecule has 0 aliphatic carbocycles. The Kier molecular flexibility index (Phi) is 4.76. The van der Waals surface area contributed by atoms with E-state index < -0.39 is 5.91 Å². The van der Waals surface area contributed by atoms with Crippen molar-refractivity contribution >= 4 is 28.9 Å². The summed E-state index contributed by atoms with van der Waals surface area (Å²) in [6.45, 7) is 1.64. The molecule has 0 saturated carbocycles. The molecule has 7 heteroatoms. The highest BCUT2D eigenvalue weighted by Crippen LogP contribution is 2.34. The molecule has 1 saturated heterocycles. The van der Waals surface area contributed by atoms with Crippen molar-refractivity contribution in [3.8, 4) is 5.75 Å². The maximum absolute atomic E-state index is 11.5. The molecule has 0 spiro atoms. The van der Waals surface area contributed by atoms with Gasteiger partial charge in [0, 0.05) is 36.5 Å². The van der Waals surface area contributed by atoms with Gasteiger partial charge in [0.15, 0.2) is 0 Å². The third-order valence-corrected chi connectivity index (χ3v) is 4.35. The molecule has 1 aromatic heterocycles. The third-order valence-electron chi connectivity index (χ3n) is 4.12. The minimum atomic E-state index is -0.489. The number of pyridine rings is 1. The molecular weight excluding hydrogens is 328 g/mol. The number of ether oxygens (including phenoxy) is 1. The lowest BCUT2D eigenvalue weighted by Crippen LogP contribution is -2.27. The van der Waals surface area contributed by atoms with Crippen molar-refractivity contribution in [1.29, 1.82) is 0 Å². The molecule has 1 aliphatic rings. The van der Waals surface area contributed by atoms with E-state index in [9.17, 15) is 4.79 Å². The van der Waals surface area contributed by atoms with Crippen LogP contribution >= 0.6 is 11.6 Å². The molecule has 1 unspecified atom stereocenters. The van der Waals surface area contributed by atoms with Crippen molar-refractivity contribution in [3.05, 3.63) is 47.2 Å². The second kappa shape index (κ2) is 6.97. The lowest BCUT2D eigenvalue weighted by atomic mass is 10.2. The number of primary amides is 1. The monoisotopic (exact) mass is 346 g/mol. The molecule has 2 aromatic rings. The predicted octanol–water partition coefficient (Wildman–Crippen LogP) is 2.53. The fourth-order valence-electron chi connectivity index (χ4n) is 2.94. The summed E-state index contributed by atoms with van der Waals surface area (Å²) in [5.74, 6) is 0.304. The minimum absolute atomic E-state index is 0.189. The highest BCUT2D eigenvalue weighted by Gasteiger charge is 2.25. The van der Waals surface area contributed by atoms with Crippen LogP contribution in [0.2, 0.25) is 5.02 Å². The molecule has 24 heavy (non-hydrogen) atoms. The number of rotatable bonds is 5. The standard InChI is InChI=1S/C17H19ClN4O2/c1-24-16-3-2-11(18)8-15(16)22-7-5-12(10-22)21-14-4-6-20-9-13(14)17(19)23/h2-4,6,8-9,12H,5,7,10H2,1H3,(H2,19,23)(H,20,21). The number of hydrogen-bond donors (Lipinski definition) is 2. The SMILES string of the molecule is COc1ccc(Cl)cc1N1CCC(Nc2ccncc2C(N)=O)C1. The Morgan fingerprint density at radius 2 is 2.29 bits per heavy atom. The second-order valence-corrected chi connectivity index (χ2v) is 6.11. The van der Waals surface area contributed by atoms with E-state index in [2.05, 4.69) is 15.2 Å². The average Bonchev–Trinajstić information content (AvgIpc) is 3.03. The normalized spacial score (nSPS) is 16.9. The molecule has 3 rings (SSSR count). The van der Waals surface area contributed by atoms with E-state index in [1.165, 1.54) is 6.20 Å². The van der Waals surface area contributed by atoms with Crippen molar-refractivity contribution in [3.63, 3.8) is 0 Å². The van der Waals surface area contributed by atoms with Gasteiger partial charge in [-0.3, -0.25) is 9.78 Å². The molecule has 1 aromatic carbocycles. The molecule has 1 aliphatic heterocycles. The number of halogens is 1. The first kappa shape index (κ1) is 16.4.